The Morgan fingerprint density at radius 3 is 2.69 bits per heavy atom. The molecule has 1 aliphatic carbocycles. The summed E-state index contributed by atoms with van der Waals surface area (Å²) in [6.45, 7) is 4.97. The first kappa shape index (κ1) is 10.5. The summed E-state index contributed by atoms with van der Waals surface area (Å²) < 4.78 is 0. The number of carbonyl (C=O) groups is 1. The fraction of sp³-hybridized carbons (Fsp3) is 0.900. The Bertz CT molecular complexity index is 185. The van der Waals surface area contributed by atoms with Crippen LogP contribution in [0.25, 0.3) is 0 Å². The zero-order chi connectivity index (χ0) is 9.90. The standard InChI is InChI=1S/C10H20N2O/c1-8(11)3-4-9(13)12-7-10(2)5-6-10/h8H,3-7,11H2,1-2H3,(H,12,13). The van der Waals surface area contributed by atoms with Crippen LogP contribution in [-0.2, 0) is 4.79 Å². The van der Waals surface area contributed by atoms with Gasteiger partial charge in [0.1, 0.15) is 0 Å². The van der Waals surface area contributed by atoms with Crippen molar-refractivity contribution in [2.24, 2.45) is 11.1 Å². The van der Waals surface area contributed by atoms with Crippen molar-refractivity contribution in [2.45, 2.75) is 45.6 Å². The minimum Gasteiger partial charge on any atom is -0.356 e. The molecule has 0 saturated heterocycles. The minimum absolute atomic E-state index is 0.127. The van der Waals surface area contributed by atoms with Gasteiger partial charge in [-0.3, -0.25) is 4.79 Å². The highest BCUT2D eigenvalue weighted by molar-refractivity contribution is 5.75. The molecule has 1 aliphatic rings. The number of hydrogen-bond acceptors (Lipinski definition) is 2. The molecule has 3 nitrogen and oxygen atoms in total. The van der Waals surface area contributed by atoms with Gasteiger partial charge >= 0.3 is 0 Å². The van der Waals surface area contributed by atoms with Crippen LogP contribution in [0.1, 0.15) is 39.5 Å². The van der Waals surface area contributed by atoms with Gasteiger partial charge in [0, 0.05) is 19.0 Å². The van der Waals surface area contributed by atoms with Gasteiger partial charge in [-0.05, 0) is 31.6 Å². The molecule has 0 radical (unpaired) electrons. The van der Waals surface area contributed by atoms with Gasteiger partial charge < -0.3 is 11.1 Å². The number of nitrogens with two attached hydrogens (primary N) is 1. The van der Waals surface area contributed by atoms with E-state index < -0.39 is 0 Å². The van der Waals surface area contributed by atoms with Crippen LogP contribution >= 0.6 is 0 Å². The molecule has 0 aliphatic heterocycles. The van der Waals surface area contributed by atoms with Crippen LogP contribution < -0.4 is 11.1 Å². The zero-order valence-corrected chi connectivity index (χ0v) is 8.60. The SMILES string of the molecule is CC(N)CCC(=O)NCC1(C)CC1. The second-order valence-electron chi connectivity index (χ2n) is 4.60. The van der Waals surface area contributed by atoms with Crippen LogP contribution in [-0.4, -0.2) is 18.5 Å². The fourth-order valence-corrected chi connectivity index (χ4v) is 1.15. The topological polar surface area (TPSA) is 55.1 Å². The van der Waals surface area contributed by atoms with Gasteiger partial charge in [0.2, 0.25) is 5.91 Å². The van der Waals surface area contributed by atoms with Crippen LogP contribution in [0.3, 0.4) is 0 Å². The zero-order valence-electron chi connectivity index (χ0n) is 8.60. The van der Waals surface area contributed by atoms with Crippen LogP contribution in [0.15, 0.2) is 0 Å². The Kier molecular flexibility index (Phi) is 3.31. The maximum absolute atomic E-state index is 11.3. The molecule has 76 valence electrons. The molecule has 0 bridgehead atoms. The largest absolute Gasteiger partial charge is 0.356 e. The number of rotatable bonds is 5. The van der Waals surface area contributed by atoms with E-state index in [1.807, 2.05) is 6.92 Å². The van der Waals surface area contributed by atoms with E-state index in [4.69, 9.17) is 5.73 Å². The van der Waals surface area contributed by atoms with E-state index in [-0.39, 0.29) is 11.9 Å². The van der Waals surface area contributed by atoms with Crippen molar-refractivity contribution >= 4 is 5.91 Å². The third kappa shape index (κ3) is 4.27. The number of amides is 1. The highest BCUT2D eigenvalue weighted by Gasteiger charge is 2.37. The highest BCUT2D eigenvalue weighted by Crippen LogP contribution is 2.43. The molecule has 1 fully saturated rings. The second kappa shape index (κ2) is 4.09. The van der Waals surface area contributed by atoms with E-state index in [0.29, 0.717) is 11.8 Å². The molecule has 3 heteroatoms. The van der Waals surface area contributed by atoms with E-state index in [1.165, 1.54) is 12.8 Å². The van der Waals surface area contributed by atoms with Crippen LogP contribution in [0, 0.1) is 5.41 Å². The van der Waals surface area contributed by atoms with Crippen molar-refractivity contribution in [1.82, 2.24) is 5.32 Å². The lowest BCUT2D eigenvalue weighted by atomic mass is 10.1. The lowest BCUT2D eigenvalue weighted by molar-refractivity contribution is -0.121. The molecule has 13 heavy (non-hydrogen) atoms. The number of nitrogens with one attached hydrogen (secondary N) is 1. The van der Waals surface area contributed by atoms with Crippen LogP contribution in [0.2, 0.25) is 0 Å². The second-order valence-corrected chi connectivity index (χ2v) is 4.60. The quantitative estimate of drug-likeness (QED) is 0.670. The summed E-state index contributed by atoms with van der Waals surface area (Å²) in [5.41, 5.74) is 5.96. The third-order valence-corrected chi connectivity index (χ3v) is 2.64. The Morgan fingerprint density at radius 2 is 2.23 bits per heavy atom. The summed E-state index contributed by atoms with van der Waals surface area (Å²) in [6.07, 6.45) is 3.84. The summed E-state index contributed by atoms with van der Waals surface area (Å²) in [4.78, 5) is 11.3. The molecule has 0 aromatic rings. The lowest BCUT2D eigenvalue weighted by Gasteiger charge is -2.10. The average molecular weight is 184 g/mol. The molecule has 1 rings (SSSR count). The van der Waals surface area contributed by atoms with Gasteiger partial charge in [-0.2, -0.15) is 0 Å². The molecular weight excluding hydrogens is 164 g/mol. The van der Waals surface area contributed by atoms with Crippen molar-refractivity contribution in [3.05, 3.63) is 0 Å². The summed E-state index contributed by atoms with van der Waals surface area (Å²) in [5, 5.41) is 2.95. The smallest absolute Gasteiger partial charge is 0.220 e. The fourth-order valence-electron chi connectivity index (χ4n) is 1.15. The number of hydrogen-bond donors (Lipinski definition) is 2. The van der Waals surface area contributed by atoms with Gasteiger partial charge in [-0.25, -0.2) is 0 Å². The molecule has 1 atom stereocenters. The van der Waals surface area contributed by atoms with E-state index in [0.717, 1.165) is 13.0 Å². The van der Waals surface area contributed by atoms with Crippen molar-refractivity contribution < 1.29 is 4.79 Å². The summed E-state index contributed by atoms with van der Waals surface area (Å²) in [5.74, 6) is 0.144. The maximum Gasteiger partial charge on any atom is 0.220 e. The van der Waals surface area contributed by atoms with Crippen molar-refractivity contribution in [3.63, 3.8) is 0 Å². The van der Waals surface area contributed by atoms with Gasteiger partial charge in [0.05, 0.1) is 0 Å². The molecule has 3 N–H and O–H groups in total. The monoisotopic (exact) mass is 184 g/mol. The van der Waals surface area contributed by atoms with E-state index >= 15 is 0 Å². The molecule has 1 saturated carbocycles. The van der Waals surface area contributed by atoms with E-state index in [1.54, 1.807) is 0 Å². The van der Waals surface area contributed by atoms with Crippen molar-refractivity contribution in [2.75, 3.05) is 6.54 Å². The van der Waals surface area contributed by atoms with E-state index in [2.05, 4.69) is 12.2 Å². The Balaban J connectivity index is 2.04. The van der Waals surface area contributed by atoms with Crippen molar-refractivity contribution in [3.8, 4) is 0 Å². The van der Waals surface area contributed by atoms with Crippen molar-refractivity contribution in [1.29, 1.82) is 0 Å². The average Bonchev–Trinajstić information content (AvgIpc) is 2.77. The third-order valence-electron chi connectivity index (χ3n) is 2.64. The summed E-state index contributed by atoms with van der Waals surface area (Å²) in [7, 11) is 0. The van der Waals surface area contributed by atoms with Crippen LogP contribution in [0.5, 0.6) is 0 Å². The van der Waals surface area contributed by atoms with Crippen LogP contribution in [0.4, 0.5) is 0 Å². The highest BCUT2D eigenvalue weighted by atomic mass is 16.1. The maximum atomic E-state index is 11.3. The summed E-state index contributed by atoms with van der Waals surface area (Å²) in [6, 6.07) is 0.127. The normalized spacial score (nSPS) is 20.8. The minimum atomic E-state index is 0.127. The molecule has 0 spiro atoms. The Labute approximate surface area is 80.1 Å². The van der Waals surface area contributed by atoms with Gasteiger partial charge in [-0.15, -0.1) is 0 Å². The first-order chi connectivity index (χ1) is 6.02. The van der Waals surface area contributed by atoms with Gasteiger partial charge in [0.25, 0.3) is 0 Å². The Hall–Kier alpha value is -0.570. The predicted octanol–water partition coefficient (Wildman–Crippen LogP) is 1.03. The van der Waals surface area contributed by atoms with Gasteiger partial charge in [-0.1, -0.05) is 6.92 Å². The molecular formula is C10H20N2O. The van der Waals surface area contributed by atoms with E-state index in [9.17, 15) is 4.79 Å². The first-order valence-corrected chi connectivity index (χ1v) is 5.04. The molecule has 0 heterocycles. The summed E-state index contributed by atoms with van der Waals surface area (Å²) >= 11 is 0. The molecule has 0 aromatic heterocycles. The van der Waals surface area contributed by atoms with Gasteiger partial charge in [0.15, 0.2) is 0 Å². The first-order valence-electron chi connectivity index (χ1n) is 5.04. The Morgan fingerprint density at radius 1 is 1.62 bits per heavy atom. The molecule has 1 amide bonds. The number of carbonyl (C=O) groups excluding carboxylic acids is 1. The molecule has 0 aromatic carbocycles. The molecule has 1 unspecified atom stereocenters. The lowest BCUT2D eigenvalue weighted by Crippen LogP contribution is -2.30. The predicted molar refractivity (Wildman–Crippen MR) is 53.2 cm³/mol.